The first-order valence-corrected chi connectivity index (χ1v) is 12.6. The first-order valence-electron chi connectivity index (χ1n) is 12.6. The average molecular weight is 482 g/mol. The monoisotopic (exact) mass is 481 g/mol. The number of rotatable bonds is 7. The fraction of sp³-hybridized carbons (Fsp3) is 0.300. The van der Waals surface area contributed by atoms with Crippen molar-refractivity contribution in [3.63, 3.8) is 0 Å². The van der Waals surface area contributed by atoms with Crippen molar-refractivity contribution in [3.05, 3.63) is 101 Å². The molecular formula is C30H35N5O. The maximum atomic E-state index is 13.2. The molecule has 2 heterocycles. The largest absolute Gasteiger partial charge is 0.369 e. The van der Waals surface area contributed by atoms with Gasteiger partial charge in [0.25, 0.3) is 5.56 Å². The Hall–Kier alpha value is -3.61. The Morgan fingerprint density at radius 2 is 1.50 bits per heavy atom. The highest BCUT2D eigenvalue weighted by atomic mass is 16.1. The summed E-state index contributed by atoms with van der Waals surface area (Å²) < 4.78 is 1.94. The van der Waals surface area contributed by atoms with Gasteiger partial charge in [-0.05, 0) is 74.6 Å². The van der Waals surface area contributed by atoms with Crippen LogP contribution in [0.5, 0.6) is 0 Å². The van der Waals surface area contributed by atoms with Gasteiger partial charge in [0.2, 0.25) is 0 Å². The molecule has 4 aromatic rings. The van der Waals surface area contributed by atoms with E-state index in [0.717, 1.165) is 60.6 Å². The van der Waals surface area contributed by atoms with Gasteiger partial charge < -0.3 is 20.0 Å². The summed E-state index contributed by atoms with van der Waals surface area (Å²) in [4.78, 5) is 20.2. The van der Waals surface area contributed by atoms with Crippen molar-refractivity contribution in [1.29, 1.82) is 0 Å². The zero-order chi connectivity index (χ0) is 25.1. The third-order valence-corrected chi connectivity index (χ3v) is 6.99. The molecule has 1 unspecified atom stereocenters. The molecule has 6 heteroatoms. The van der Waals surface area contributed by atoms with Crippen LogP contribution in [0.4, 0.5) is 17.1 Å². The van der Waals surface area contributed by atoms with Gasteiger partial charge in [0, 0.05) is 55.9 Å². The van der Waals surface area contributed by atoms with Gasteiger partial charge in [0.15, 0.2) is 0 Å². The van der Waals surface area contributed by atoms with E-state index in [2.05, 4.69) is 81.7 Å². The van der Waals surface area contributed by atoms with Crippen LogP contribution >= 0.6 is 0 Å². The molecule has 5 rings (SSSR count). The summed E-state index contributed by atoms with van der Waals surface area (Å²) in [5, 5.41) is 4.59. The smallest absolute Gasteiger partial charge is 0.251 e. The van der Waals surface area contributed by atoms with E-state index < -0.39 is 0 Å². The molecule has 0 radical (unpaired) electrons. The number of pyridine rings is 1. The molecule has 36 heavy (non-hydrogen) atoms. The molecule has 1 atom stereocenters. The normalized spacial score (nSPS) is 15.4. The van der Waals surface area contributed by atoms with Crippen molar-refractivity contribution in [2.45, 2.75) is 6.04 Å². The van der Waals surface area contributed by atoms with Crippen molar-refractivity contribution in [2.75, 3.05) is 64.1 Å². The van der Waals surface area contributed by atoms with Crippen LogP contribution in [0.1, 0.15) is 11.6 Å². The van der Waals surface area contributed by atoms with Crippen molar-refractivity contribution in [3.8, 4) is 0 Å². The quantitative estimate of drug-likeness (QED) is 0.416. The first kappa shape index (κ1) is 24.1. The van der Waals surface area contributed by atoms with Crippen molar-refractivity contribution >= 4 is 28.0 Å². The Bertz CT molecular complexity index is 1360. The van der Waals surface area contributed by atoms with Crippen LogP contribution in [-0.2, 0) is 0 Å². The predicted molar refractivity (Wildman–Crippen MR) is 151 cm³/mol. The molecule has 1 fully saturated rings. The summed E-state index contributed by atoms with van der Waals surface area (Å²) in [5.41, 5.74) is 5.31. The van der Waals surface area contributed by atoms with Crippen LogP contribution in [0.3, 0.4) is 0 Å². The van der Waals surface area contributed by atoms with Gasteiger partial charge in [-0.25, -0.2) is 0 Å². The Morgan fingerprint density at radius 1 is 0.833 bits per heavy atom. The number of nitrogens with one attached hydrogen (secondary N) is 1. The number of benzene rings is 3. The van der Waals surface area contributed by atoms with Crippen molar-refractivity contribution in [2.24, 2.45) is 0 Å². The molecule has 0 bridgehead atoms. The number of anilines is 3. The molecule has 6 nitrogen and oxygen atoms in total. The molecule has 1 saturated heterocycles. The van der Waals surface area contributed by atoms with E-state index in [4.69, 9.17) is 0 Å². The van der Waals surface area contributed by atoms with E-state index in [1.807, 2.05) is 42.9 Å². The van der Waals surface area contributed by atoms with Gasteiger partial charge in [-0.3, -0.25) is 9.36 Å². The molecule has 0 aliphatic carbocycles. The van der Waals surface area contributed by atoms with E-state index >= 15 is 0 Å². The SMILES string of the molecule is CN(C)CC(c1ccccc1)n1c(=O)ccc2ccc(Nc3ccc(N4CCN(C)CC4)cc3)cc21. The van der Waals surface area contributed by atoms with E-state index in [0.29, 0.717) is 0 Å². The van der Waals surface area contributed by atoms with Crippen molar-refractivity contribution in [1.82, 2.24) is 14.4 Å². The molecule has 1 aliphatic rings. The van der Waals surface area contributed by atoms with Crippen LogP contribution in [-0.4, -0.2) is 68.2 Å². The van der Waals surface area contributed by atoms with E-state index in [1.165, 1.54) is 5.69 Å². The fourth-order valence-electron chi connectivity index (χ4n) is 5.00. The summed E-state index contributed by atoms with van der Waals surface area (Å²) in [5.74, 6) is 0. The average Bonchev–Trinajstić information content (AvgIpc) is 2.89. The minimum absolute atomic E-state index is 0.00637. The highest BCUT2D eigenvalue weighted by Crippen LogP contribution is 2.27. The van der Waals surface area contributed by atoms with Crippen LogP contribution in [0.25, 0.3) is 10.9 Å². The van der Waals surface area contributed by atoms with Gasteiger partial charge in [0.05, 0.1) is 11.6 Å². The van der Waals surface area contributed by atoms with E-state index in [9.17, 15) is 4.79 Å². The Kier molecular flexibility index (Phi) is 7.07. The number of nitrogens with zero attached hydrogens (tertiary/aromatic N) is 4. The number of likely N-dealkylation sites (N-methyl/N-ethyl adjacent to an activating group) is 2. The summed E-state index contributed by atoms with van der Waals surface area (Å²) in [6.45, 7) is 5.03. The zero-order valence-electron chi connectivity index (χ0n) is 21.4. The minimum Gasteiger partial charge on any atom is -0.369 e. The highest BCUT2D eigenvalue weighted by Gasteiger charge is 2.19. The molecule has 0 spiro atoms. The molecule has 186 valence electrons. The molecule has 3 aromatic carbocycles. The van der Waals surface area contributed by atoms with Gasteiger partial charge in [0.1, 0.15) is 0 Å². The fourth-order valence-corrected chi connectivity index (χ4v) is 5.00. The molecule has 1 aromatic heterocycles. The third kappa shape index (κ3) is 5.30. The number of piperazine rings is 1. The first-order chi connectivity index (χ1) is 17.5. The molecule has 1 N–H and O–H groups in total. The Balaban J connectivity index is 1.46. The second-order valence-electron chi connectivity index (χ2n) is 9.97. The van der Waals surface area contributed by atoms with E-state index in [1.54, 1.807) is 6.07 Å². The molecule has 0 amide bonds. The van der Waals surface area contributed by atoms with Crippen molar-refractivity contribution < 1.29 is 0 Å². The minimum atomic E-state index is -0.0875. The van der Waals surface area contributed by atoms with Gasteiger partial charge >= 0.3 is 0 Å². The lowest BCUT2D eigenvalue weighted by molar-refractivity contribution is 0.313. The maximum absolute atomic E-state index is 13.2. The van der Waals surface area contributed by atoms with Gasteiger partial charge in [-0.2, -0.15) is 0 Å². The highest BCUT2D eigenvalue weighted by molar-refractivity contribution is 5.84. The Labute approximate surface area is 213 Å². The van der Waals surface area contributed by atoms with Crippen LogP contribution in [0, 0.1) is 0 Å². The summed E-state index contributed by atoms with van der Waals surface area (Å²) in [6, 6.07) is 28.7. The number of aromatic nitrogens is 1. The summed E-state index contributed by atoms with van der Waals surface area (Å²) >= 11 is 0. The lowest BCUT2D eigenvalue weighted by Gasteiger charge is -2.34. The predicted octanol–water partition coefficient (Wildman–Crippen LogP) is 4.65. The second kappa shape index (κ2) is 10.6. The number of fused-ring (bicyclic) bond motifs is 1. The van der Waals surface area contributed by atoms with Gasteiger partial charge in [-0.15, -0.1) is 0 Å². The van der Waals surface area contributed by atoms with Crippen LogP contribution in [0.15, 0.2) is 89.7 Å². The zero-order valence-corrected chi connectivity index (χ0v) is 21.4. The van der Waals surface area contributed by atoms with Gasteiger partial charge in [-0.1, -0.05) is 36.4 Å². The molecule has 0 saturated carbocycles. The van der Waals surface area contributed by atoms with Crippen LogP contribution < -0.4 is 15.8 Å². The lowest BCUT2D eigenvalue weighted by atomic mass is 10.0. The topological polar surface area (TPSA) is 43.8 Å². The maximum Gasteiger partial charge on any atom is 0.251 e. The standard InChI is InChI=1S/C30H35N5O/c1-32(2)22-29(23-7-5-4-6-8-23)35-28-21-26(11-9-24(28)10-16-30(35)36)31-25-12-14-27(15-13-25)34-19-17-33(3)18-20-34/h4-16,21,29,31H,17-20,22H2,1-3H3. The Morgan fingerprint density at radius 3 is 2.19 bits per heavy atom. The lowest BCUT2D eigenvalue weighted by Crippen LogP contribution is -2.44. The summed E-state index contributed by atoms with van der Waals surface area (Å²) in [7, 11) is 6.27. The second-order valence-corrected chi connectivity index (χ2v) is 9.97. The number of hydrogen-bond donors (Lipinski definition) is 1. The molecule has 1 aliphatic heterocycles. The number of hydrogen-bond acceptors (Lipinski definition) is 5. The van der Waals surface area contributed by atoms with Crippen LogP contribution in [0.2, 0.25) is 0 Å². The third-order valence-electron chi connectivity index (χ3n) is 6.99. The molecular weight excluding hydrogens is 446 g/mol. The summed E-state index contributed by atoms with van der Waals surface area (Å²) in [6.07, 6.45) is 0. The van der Waals surface area contributed by atoms with E-state index in [-0.39, 0.29) is 11.6 Å².